The highest BCUT2D eigenvalue weighted by molar-refractivity contribution is 5.88. The van der Waals surface area contributed by atoms with Crippen LogP contribution in [0.5, 0.6) is 0 Å². The molecule has 1 aliphatic carbocycles. The molecule has 0 saturated heterocycles. The first kappa shape index (κ1) is 11.0. The van der Waals surface area contributed by atoms with E-state index in [2.05, 4.69) is 19.9 Å². The smallest absolute Gasteiger partial charge is 0.243 e. The van der Waals surface area contributed by atoms with Gasteiger partial charge in [-0.1, -0.05) is 13.8 Å². The summed E-state index contributed by atoms with van der Waals surface area (Å²) in [5, 5.41) is 8.90. The topological polar surface area (TPSA) is 44.1 Å². The summed E-state index contributed by atoms with van der Waals surface area (Å²) in [6.07, 6.45) is 1.47. The van der Waals surface area contributed by atoms with Crippen LogP contribution in [0.3, 0.4) is 0 Å². The van der Waals surface area contributed by atoms with Crippen LogP contribution in [0.1, 0.15) is 33.6 Å². The largest absolute Gasteiger partial charge is 0.341 e. The lowest BCUT2D eigenvalue weighted by molar-refractivity contribution is -0.136. The number of carbonyl (C=O) groups excluding carboxylic acids is 1. The van der Waals surface area contributed by atoms with Crippen molar-refractivity contribution in [1.29, 1.82) is 5.26 Å². The predicted octanol–water partition coefficient (Wildman–Crippen LogP) is 1.79. The Hall–Kier alpha value is -1.04. The van der Waals surface area contributed by atoms with Gasteiger partial charge in [0, 0.05) is 13.1 Å². The second kappa shape index (κ2) is 3.61. The molecule has 3 heteroatoms. The maximum absolute atomic E-state index is 11.9. The van der Waals surface area contributed by atoms with Crippen LogP contribution in [-0.4, -0.2) is 23.9 Å². The lowest BCUT2D eigenvalue weighted by Gasteiger charge is -2.29. The third kappa shape index (κ3) is 1.75. The molecule has 0 aromatic heterocycles. The van der Waals surface area contributed by atoms with E-state index in [4.69, 9.17) is 5.26 Å². The Kier molecular flexibility index (Phi) is 2.84. The van der Waals surface area contributed by atoms with E-state index < -0.39 is 5.41 Å². The first-order chi connectivity index (χ1) is 6.44. The van der Waals surface area contributed by atoms with Crippen LogP contribution in [0, 0.1) is 22.7 Å². The second-order valence-electron chi connectivity index (χ2n) is 4.59. The summed E-state index contributed by atoms with van der Waals surface area (Å²) < 4.78 is 0. The first-order valence-electron chi connectivity index (χ1n) is 5.13. The van der Waals surface area contributed by atoms with Gasteiger partial charge in [0.25, 0.3) is 0 Å². The summed E-state index contributed by atoms with van der Waals surface area (Å²) >= 11 is 0. The molecule has 0 spiro atoms. The van der Waals surface area contributed by atoms with E-state index >= 15 is 0 Å². The van der Waals surface area contributed by atoms with Gasteiger partial charge in [-0.05, 0) is 25.7 Å². The van der Waals surface area contributed by atoms with Crippen LogP contribution in [0.4, 0.5) is 0 Å². The molecule has 3 nitrogen and oxygen atoms in total. The second-order valence-corrected chi connectivity index (χ2v) is 4.59. The molecule has 14 heavy (non-hydrogen) atoms. The number of nitriles is 1. The summed E-state index contributed by atoms with van der Waals surface area (Å²) in [4.78, 5) is 13.6. The molecule has 1 amide bonds. The third-order valence-electron chi connectivity index (χ3n) is 3.27. The van der Waals surface area contributed by atoms with Crippen molar-refractivity contribution in [2.45, 2.75) is 39.7 Å². The van der Waals surface area contributed by atoms with Gasteiger partial charge < -0.3 is 4.90 Å². The van der Waals surface area contributed by atoms with Crippen molar-refractivity contribution < 1.29 is 4.79 Å². The predicted molar refractivity (Wildman–Crippen MR) is 54.4 cm³/mol. The average Bonchev–Trinajstić information content (AvgIpc) is 2.94. The molecule has 0 radical (unpaired) electrons. The molecule has 78 valence electrons. The van der Waals surface area contributed by atoms with Crippen molar-refractivity contribution >= 4 is 5.91 Å². The van der Waals surface area contributed by atoms with Crippen LogP contribution < -0.4 is 0 Å². The highest BCUT2D eigenvalue weighted by Crippen LogP contribution is 2.46. The average molecular weight is 194 g/mol. The van der Waals surface area contributed by atoms with Crippen molar-refractivity contribution in [2.75, 3.05) is 7.05 Å². The van der Waals surface area contributed by atoms with E-state index in [1.165, 1.54) is 0 Å². The zero-order valence-electron chi connectivity index (χ0n) is 9.37. The van der Waals surface area contributed by atoms with Crippen molar-refractivity contribution in [3.8, 4) is 6.07 Å². The van der Waals surface area contributed by atoms with Gasteiger partial charge in [0.2, 0.25) is 5.91 Å². The molecule has 1 atom stereocenters. The van der Waals surface area contributed by atoms with Gasteiger partial charge in [-0.2, -0.15) is 5.26 Å². The Morgan fingerprint density at radius 1 is 1.43 bits per heavy atom. The van der Waals surface area contributed by atoms with Crippen molar-refractivity contribution in [3.63, 3.8) is 0 Å². The minimum atomic E-state index is -0.669. The maximum Gasteiger partial charge on any atom is 0.243 e. The van der Waals surface area contributed by atoms with Gasteiger partial charge in [0.15, 0.2) is 0 Å². The highest BCUT2D eigenvalue weighted by Gasteiger charge is 2.52. The maximum atomic E-state index is 11.9. The quantitative estimate of drug-likeness (QED) is 0.687. The van der Waals surface area contributed by atoms with E-state index in [1.807, 2.05) is 6.92 Å². The van der Waals surface area contributed by atoms with Crippen LogP contribution in [0.2, 0.25) is 0 Å². The molecule has 1 unspecified atom stereocenters. The SMILES string of the molecule is CC(C)C(C)N(C)C(=O)C1(C#N)CC1. The molecule has 1 rings (SSSR count). The summed E-state index contributed by atoms with van der Waals surface area (Å²) in [7, 11) is 1.80. The zero-order valence-corrected chi connectivity index (χ0v) is 9.37. The molecule has 0 aromatic rings. The Morgan fingerprint density at radius 3 is 2.21 bits per heavy atom. The number of hydrogen-bond donors (Lipinski definition) is 0. The van der Waals surface area contributed by atoms with Gasteiger partial charge >= 0.3 is 0 Å². The third-order valence-corrected chi connectivity index (χ3v) is 3.27. The molecule has 1 aliphatic rings. The van der Waals surface area contributed by atoms with E-state index in [0.29, 0.717) is 5.92 Å². The fourth-order valence-electron chi connectivity index (χ4n) is 1.47. The van der Waals surface area contributed by atoms with Gasteiger partial charge in [-0.3, -0.25) is 4.79 Å². The fourth-order valence-corrected chi connectivity index (χ4v) is 1.47. The minimum Gasteiger partial charge on any atom is -0.341 e. The Bertz CT molecular complexity index is 274. The number of amides is 1. The molecule has 1 fully saturated rings. The minimum absolute atomic E-state index is 0.00111. The Morgan fingerprint density at radius 2 is 1.93 bits per heavy atom. The van der Waals surface area contributed by atoms with E-state index in [9.17, 15) is 4.79 Å². The van der Waals surface area contributed by atoms with Gasteiger partial charge in [-0.25, -0.2) is 0 Å². The number of rotatable bonds is 3. The monoisotopic (exact) mass is 194 g/mol. The van der Waals surface area contributed by atoms with Crippen LogP contribution in [0.15, 0.2) is 0 Å². The van der Waals surface area contributed by atoms with E-state index in [1.54, 1.807) is 11.9 Å². The van der Waals surface area contributed by atoms with E-state index in [-0.39, 0.29) is 11.9 Å². The van der Waals surface area contributed by atoms with Gasteiger partial charge in [0.1, 0.15) is 5.41 Å². The van der Waals surface area contributed by atoms with Gasteiger partial charge in [-0.15, -0.1) is 0 Å². The summed E-state index contributed by atoms with van der Waals surface area (Å²) in [5.41, 5.74) is -0.669. The van der Waals surface area contributed by atoms with Crippen LogP contribution in [0.25, 0.3) is 0 Å². The number of carbonyl (C=O) groups is 1. The number of nitrogens with zero attached hydrogens (tertiary/aromatic N) is 2. The van der Waals surface area contributed by atoms with Crippen molar-refractivity contribution in [1.82, 2.24) is 4.90 Å². The first-order valence-corrected chi connectivity index (χ1v) is 5.13. The van der Waals surface area contributed by atoms with E-state index in [0.717, 1.165) is 12.8 Å². The van der Waals surface area contributed by atoms with Crippen molar-refractivity contribution in [2.24, 2.45) is 11.3 Å². The molecule has 0 bridgehead atoms. The Balaban J connectivity index is 2.67. The van der Waals surface area contributed by atoms with Crippen molar-refractivity contribution in [3.05, 3.63) is 0 Å². The summed E-state index contributed by atoms with van der Waals surface area (Å²) in [6, 6.07) is 2.34. The molecular weight excluding hydrogens is 176 g/mol. The summed E-state index contributed by atoms with van der Waals surface area (Å²) in [5.74, 6) is 0.430. The summed E-state index contributed by atoms with van der Waals surface area (Å²) in [6.45, 7) is 6.19. The lowest BCUT2D eigenvalue weighted by atomic mass is 10.0. The zero-order chi connectivity index (χ0) is 10.9. The molecule has 0 N–H and O–H groups in total. The molecule has 0 aromatic carbocycles. The normalized spacial score (nSPS) is 20.0. The molecule has 0 heterocycles. The standard InChI is InChI=1S/C11H18N2O/c1-8(2)9(3)13(4)10(14)11(7-12)5-6-11/h8-9H,5-6H2,1-4H3. The Labute approximate surface area is 85.7 Å². The van der Waals surface area contributed by atoms with Crippen LogP contribution >= 0.6 is 0 Å². The number of hydrogen-bond acceptors (Lipinski definition) is 2. The highest BCUT2D eigenvalue weighted by atomic mass is 16.2. The fraction of sp³-hybridized carbons (Fsp3) is 0.818. The molecule has 0 aliphatic heterocycles. The lowest BCUT2D eigenvalue weighted by Crippen LogP contribution is -2.42. The molecular formula is C11H18N2O. The molecule has 1 saturated carbocycles. The van der Waals surface area contributed by atoms with Crippen LogP contribution in [-0.2, 0) is 4.79 Å². The van der Waals surface area contributed by atoms with Gasteiger partial charge in [0.05, 0.1) is 6.07 Å².